The van der Waals surface area contributed by atoms with Crippen molar-refractivity contribution >= 4 is 0 Å². The molecule has 0 spiro atoms. The molecule has 4 aliphatic carbocycles. The summed E-state index contributed by atoms with van der Waals surface area (Å²) in [5.74, 6) is 2.75. The molecule has 0 aromatic rings. The topological polar surface area (TPSA) is 32.7 Å². The fourth-order valence-electron chi connectivity index (χ4n) is 6.61. The predicted octanol–water partition coefficient (Wildman–Crippen LogP) is 3.60. The van der Waals surface area contributed by atoms with Gasteiger partial charge in [0.05, 0.1) is 18.3 Å². The molecule has 5 aliphatic rings. The summed E-state index contributed by atoms with van der Waals surface area (Å²) in [5.41, 5.74) is 0.134. The molecule has 1 N–H and O–H groups in total. The normalized spacial score (nSPS) is 47.9. The van der Waals surface area contributed by atoms with Crippen LogP contribution in [0.2, 0.25) is 0 Å². The maximum atomic E-state index is 10.6. The smallest absolute Gasteiger partial charge is 0.0900 e. The SMILES string of the molecule is C[C@H]1CCC[C@H](C)N1C[C@H](O)COC12CC3CC(CC(C3)C1)C2. The van der Waals surface area contributed by atoms with E-state index in [0.29, 0.717) is 18.7 Å². The third-order valence-corrected chi connectivity index (χ3v) is 7.36. The lowest BCUT2D eigenvalue weighted by molar-refractivity contribution is -0.177. The molecule has 0 radical (unpaired) electrons. The molecule has 0 aromatic heterocycles. The van der Waals surface area contributed by atoms with Gasteiger partial charge < -0.3 is 9.84 Å². The van der Waals surface area contributed by atoms with Gasteiger partial charge in [-0.1, -0.05) is 6.42 Å². The number of β-amino-alcohol motifs (C(OH)–C–C–N with tert-alkyl or cyclic N) is 1. The van der Waals surface area contributed by atoms with Crippen molar-refractivity contribution in [3.05, 3.63) is 0 Å². The van der Waals surface area contributed by atoms with Gasteiger partial charge in [0.2, 0.25) is 0 Å². The van der Waals surface area contributed by atoms with Crippen LogP contribution in [-0.2, 0) is 4.74 Å². The Kier molecular flexibility index (Phi) is 4.49. The Morgan fingerprint density at radius 2 is 1.52 bits per heavy atom. The summed E-state index contributed by atoms with van der Waals surface area (Å²) < 4.78 is 6.44. The Labute approximate surface area is 141 Å². The van der Waals surface area contributed by atoms with Gasteiger partial charge >= 0.3 is 0 Å². The molecule has 132 valence electrons. The quantitative estimate of drug-likeness (QED) is 0.840. The van der Waals surface area contributed by atoms with E-state index >= 15 is 0 Å². The van der Waals surface area contributed by atoms with E-state index in [2.05, 4.69) is 18.7 Å². The highest BCUT2D eigenvalue weighted by molar-refractivity contribution is 5.03. The Bertz CT molecular complexity index is 379. The highest BCUT2D eigenvalue weighted by atomic mass is 16.5. The second kappa shape index (κ2) is 6.31. The molecular formula is C20H35NO2. The summed E-state index contributed by atoms with van der Waals surface area (Å²) in [6.07, 6.45) is 11.7. The number of hydrogen-bond acceptors (Lipinski definition) is 3. The van der Waals surface area contributed by atoms with Crippen LogP contribution < -0.4 is 0 Å². The molecule has 0 unspecified atom stereocenters. The first-order valence-electron chi connectivity index (χ1n) is 10.1. The highest BCUT2D eigenvalue weighted by Crippen LogP contribution is 2.57. The van der Waals surface area contributed by atoms with Gasteiger partial charge in [-0.05, 0) is 83.0 Å². The van der Waals surface area contributed by atoms with Crippen LogP contribution in [0.5, 0.6) is 0 Å². The summed E-state index contributed by atoms with van der Waals surface area (Å²) in [6.45, 7) is 5.95. The number of ether oxygens (including phenoxy) is 1. The van der Waals surface area contributed by atoms with Crippen LogP contribution >= 0.6 is 0 Å². The van der Waals surface area contributed by atoms with Crippen molar-refractivity contribution in [2.24, 2.45) is 17.8 Å². The van der Waals surface area contributed by atoms with E-state index < -0.39 is 0 Å². The number of nitrogens with zero attached hydrogens (tertiary/aromatic N) is 1. The van der Waals surface area contributed by atoms with Crippen LogP contribution in [0.25, 0.3) is 0 Å². The van der Waals surface area contributed by atoms with E-state index in [1.807, 2.05) is 0 Å². The zero-order chi connectivity index (χ0) is 16.0. The largest absolute Gasteiger partial charge is 0.389 e. The van der Waals surface area contributed by atoms with Crippen molar-refractivity contribution in [1.29, 1.82) is 0 Å². The van der Waals surface area contributed by atoms with E-state index in [-0.39, 0.29) is 11.7 Å². The molecule has 5 fully saturated rings. The minimum Gasteiger partial charge on any atom is -0.389 e. The standard InChI is InChI=1S/C20H35NO2/c1-14-4-3-5-15(2)21(14)12-19(22)13-23-20-9-16-6-17(10-20)8-18(7-16)11-20/h14-19,22H,3-13H2,1-2H3/t14-,15-,16?,17?,18?,19-,20?/m0/s1. The van der Waals surface area contributed by atoms with Crippen molar-refractivity contribution in [2.75, 3.05) is 13.2 Å². The number of piperidine rings is 1. The van der Waals surface area contributed by atoms with Crippen molar-refractivity contribution < 1.29 is 9.84 Å². The van der Waals surface area contributed by atoms with E-state index in [0.717, 1.165) is 24.3 Å². The Hall–Kier alpha value is -0.120. The first-order chi connectivity index (χ1) is 11.0. The first kappa shape index (κ1) is 16.4. The van der Waals surface area contributed by atoms with E-state index in [4.69, 9.17) is 4.74 Å². The lowest BCUT2D eigenvalue weighted by Gasteiger charge is -2.56. The maximum absolute atomic E-state index is 10.6. The van der Waals surface area contributed by atoms with Crippen LogP contribution in [0.1, 0.15) is 71.6 Å². The van der Waals surface area contributed by atoms with Gasteiger partial charge in [0, 0.05) is 18.6 Å². The number of hydrogen-bond donors (Lipinski definition) is 1. The van der Waals surface area contributed by atoms with Gasteiger partial charge in [0.1, 0.15) is 0 Å². The highest BCUT2D eigenvalue weighted by Gasteiger charge is 2.51. The molecule has 1 aliphatic heterocycles. The minimum absolute atomic E-state index is 0.134. The van der Waals surface area contributed by atoms with E-state index in [1.165, 1.54) is 57.8 Å². The van der Waals surface area contributed by atoms with Crippen molar-refractivity contribution in [3.63, 3.8) is 0 Å². The van der Waals surface area contributed by atoms with Crippen LogP contribution in [0, 0.1) is 17.8 Å². The molecule has 4 bridgehead atoms. The van der Waals surface area contributed by atoms with Crippen molar-refractivity contribution in [1.82, 2.24) is 4.90 Å². The fourth-order valence-corrected chi connectivity index (χ4v) is 6.61. The molecule has 3 atom stereocenters. The number of aliphatic hydroxyl groups is 1. The number of aliphatic hydroxyl groups excluding tert-OH is 1. The summed E-state index contributed by atoms with van der Waals surface area (Å²) in [7, 11) is 0. The maximum Gasteiger partial charge on any atom is 0.0900 e. The van der Waals surface area contributed by atoms with Gasteiger partial charge in [0.25, 0.3) is 0 Å². The first-order valence-corrected chi connectivity index (χ1v) is 10.1. The van der Waals surface area contributed by atoms with E-state index in [1.54, 1.807) is 0 Å². The molecule has 5 rings (SSSR count). The number of likely N-dealkylation sites (tertiary alicyclic amines) is 1. The van der Waals surface area contributed by atoms with Crippen LogP contribution in [0.3, 0.4) is 0 Å². The lowest BCUT2D eigenvalue weighted by atomic mass is 9.54. The lowest BCUT2D eigenvalue weighted by Crippen LogP contribution is -2.53. The second-order valence-electron chi connectivity index (χ2n) is 9.39. The summed E-state index contributed by atoms with van der Waals surface area (Å²) in [5, 5.41) is 10.6. The van der Waals surface area contributed by atoms with Gasteiger partial charge in [-0.15, -0.1) is 0 Å². The molecule has 3 nitrogen and oxygen atoms in total. The zero-order valence-corrected chi connectivity index (χ0v) is 15.0. The molecule has 0 aromatic carbocycles. The molecule has 23 heavy (non-hydrogen) atoms. The van der Waals surface area contributed by atoms with Crippen LogP contribution in [0.4, 0.5) is 0 Å². The van der Waals surface area contributed by atoms with Gasteiger partial charge in [-0.2, -0.15) is 0 Å². The summed E-state index contributed by atoms with van der Waals surface area (Å²) >= 11 is 0. The average molecular weight is 322 g/mol. The van der Waals surface area contributed by atoms with Gasteiger partial charge in [-0.25, -0.2) is 0 Å². The third-order valence-electron chi connectivity index (χ3n) is 7.36. The molecule has 1 saturated heterocycles. The summed E-state index contributed by atoms with van der Waals surface area (Å²) in [6, 6.07) is 1.21. The second-order valence-corrected chi connectivity index (χ2v) is 9.39. The van der Waals surface area contributed by atoms with Crippen LogP contribution in [0.15, 0.2) is 0 Å². The molecular weight excluding hydrogens is 286 g/mol. The monoisotopic (exact) mass is 321 g/mol. The minimum atomic E-state index is -0.328. The van der Waals surface area contributed by atoms with E-state index in [9.17, 15) is 5.11 Å². The molecule has 3 heteroatoms. The average Bonchev–Trinajstić information content (AvgIpc) is 2.48. The molecule has 4 saturated carbocycles. The van der Waals surface area contributed by atoms with Crippen molar-refractivity contribution in [3.8, 4) is 0 Å². The fraction of sp³-hybridized carbons (Fsp3) is 1.00. The number of rotatable bonds is 5. The molecule has 1 heterocycles. The Morgan fingerprint density at radius 1 is 1.00 bits per heavy atom. The Balaban J connectivity index is 1.30. The summed E-state index contributed by atoms with van der Waals surface area (Å²) in [4.78, 5) is 2.50. The molecule has 0 amide bonds. The third kappa shape index (κ3) is 3.34. The predicted molar refractivity (Wildman–Crippen MR) is 92.3 cm³/mol. The van der Waals surface area contributed by atoms with Crippen LogP contribution in [-0.4, -0.2) is 46.9 Å². The van der Waals surface area contributed by atoms with Gasteiger partial charge in [0.15, 0.2) is 0 Å². The van der Waals surface area contributed by atoms with Gasteiger partial charge in [-0.3, -0.25) is 4.90 Å². The Morgan fingerprint density at radius 3 is 2.04 bits per heavy atom. The zero-order valence-electron chi connectivity index (χ0n) is 15.0. The van der Waals surface area contributed by atoms with Crippen molar-refractivity contribution in [2.45, 2.75) is 95.4 Å².